The average Bonchev–Trinajstić information content (AvgIpc) is 2.11. The Morgan fingerprint density at radius 2 is 1.05 bits per heavy atom. The van der Waals surface area contributed by atoms with E-state index in [9.17, 15) is 52.7 Å². The van der Waals surface area contributed by atoms with Crippen LogP contribution in [-0.4, -0.2) is 41.7 Å². The van der Waals surface area contributed by atoms with Gasteiger partial charge in [-0.3, -0.25) is 0 Å². The van der Waals surface area contributed by atoms with Gasteiger partial charge < -0.3 is 0 Å². The standard InChI is InChI=1S/C6HF12NO/c7-1(2(8,9)10)19-3(11,12)5(15,16)20-6(17,18)4(19,13)14/h1H. The summed E-state index contributed by atoms with van der Waals surface area (Å²) in [5.74, 6) is 0. The lowest BCUT2D eigenvalue weighted by Crippen LogP contribution is -2.76. The van der Waals surface area contributed by atoms with Crippen molar-refractivity contribution < 1.29 is 57.4 Å². The molecule has 0 saturated carbocycles. The molecule has 0 bridgehead atoms. The maximum absolute atomic E-state index is 12.8. The Bertz CT molecular complexity index is 362. The molecule has 0 radical (unpaired) electrons. The number of halogens is 12. The lowest BCUT2D eigenvalue weighted by atomic mass is 10.2. The smallest absolute Gasteiger partial charge is 0.243 e. The molecule has 0 aliphatic carbocycles. The average molecular weight is 331 g/mol. The normalized spacial score (nSPS) is 30.0. The number of nitrogens with zero attached hydrogens (tertiary/aromatic N) is 1. The number of hydrogen-bond donors (Lipinski definition) is 0. The molecular formula is C6HF12NO. The van der Waals surface area contributed by atoms with Crippen LogP contribution in [0.25, 0.3) is 0 Å². The van der Waals surface area contributed by atoms with Crippen molar-refractivity contribution in [2.24, 2.45) is 0 Å². The topological polar surface area (TPSA) is 12.5 Å². The number of alkyl halides is 12. The maximum atomic E-state index is 12.8. The van der Waals surface area contributed by atoms with E-state index in [0.29, 0.717) is 0 Å². The molecule has 0 N–H and O–H groups in total. The van der Waals surface area contributed by atoms with E-state index < -0.39 is 41.7 Å². The molecular weight excluding hydrogens is 330 g/mol. The van der Waals surface area contributed by atoms with Gasteiger partial charge in [0.15, 0.2) is 0 Å². The van der Waals surface area contributed by atoms with Crippen LogP contribution in [0.15, 0.2) is 0 Å². The van der Waals surface area contributed by atoms with Gasteiger partial charge in [0, 0.05) is 0 Å². The molecule has 1 atom stereocenters. The molecule has 0 aromatic heterocycles. The summed E-state index contributed by atoms with van der Waals surface area (Å²) in [6.07, 6.45) is -25.0. The predicted octanol–water partition coefficient (Wildman–Crippen LogP) is 3.55. The van der Waals surface area contributed by atoms with E-state index in [4.69, 9.17) is 0 Å². The van der Waals surface area contributed by atoms with Crippen molar-refractivity contribution in [3.63, 3.8) is 0 Å². The lowest BCUT2D eigenvalue weighted by Gasteiger charge is -2.48. The van der Waals surface area contributed by atoms with Gasteiger partial charge in [-0.25, -0.2) is 9.13 Å². The fourth-order valence-corrected chi connectivity index (χ4v) is 1.17. The SMILES string of the molecule is FC(N1C(F)(F)C(F)(F)OC(F)(F)C1(F)F)C(F)(F)F. The van der Waals surface area contributed by atoms with Crippen molar-refractivity contribution in [3.05, 3.63) is 0 Å². The second-order valence-electron chi connectivity index (χ2n) is 3.47. The lowest BCUT2D eigenvalue weighted by molar-refractivity contribution is -0.576. The van der Waals surface area contributed by atoms with Crippen LogP contribution in [0.5, 0.6) is 0 Å². The summed E-state index contributed by atoms with van der Waals surface area (Å²) >= 11 is 0. The molecule has 120 valence electrons. The molecule has 0 spiro atoms. The van der Waals surface area contributed by atoms with Crippen LogP contribution in [-0.2, 0) is 4.74 Å². The van der Waals surface area contributed by atoms with Gasteiger partial charge in [-0.2, -0.15) is 48.3 Å². The zero-order valence-electron chi connectivity index (χ0n) is 8.47. The summed E-state index contributed by atoms with van der Waals surface area (Å²) in [5, 5.41) is 0. The van der Waals surface area contributed by atoms with Crippen molar-refractivity contribution in [2.75, 3.05) is 0 Å². The third-order valence-electron chi connectivity index (χ3n) is 2.06. The molecule has 0 aromatic rings. The van der Waals surface area contributed by atoms with Gasteiger partial charge in [0.05, 0.1) is 0 Å². The van der Waals surface area contributed by atoms with Gasteiger partial charge in [-0.05, 0) is 0 Å². The second-order valence-corrected chi connectivity index (χ2v) is 3.47. The van der Waals surface area contributed by atoms with Gasteiger partial charge in [-0.15, -0.1) is 4.90 Å². The zero-order valence-corrected chi connectivity index (χ0v) is 8.47. The Morgan fingerprint density at radius 1 is 0.750 bits per heavy atom. The maximum Gasteiger partial charge on any atom is 0.439 e. The zero-order chi connectivity index (χ0) is 16.4. The summed E-state index contributed by atoms with van der Waals surface area (Å²) in [4.78, 5) is -3.26. The number of rotatable bonds is 1. The highest BCUT2D eigenvalue weighted by Gasteiger charge is 2.85. The van der Waals surface area contributed by atoms with Gasteiger partial charge in [-0.1, -0.05) is 0 Å². The van der Waals surface area contributed by atoms with Crippen molar-refractivity contribution >= 4 is 0 Å². The van der Waals surface area contributed by atoms with Crippen LogP contribution in [0, 0.1) is 0 Å². The molecule has 20 heavy (non-hydrogen) atoms. The van der Waals surface area contributed by atoms with Crippen LogP contribution in [0.3, 0.4) is 0 Å². The number of ether oxygens (including phenoxy) is 1. The van der Waals surface area contributed by atoms with Gasteiger partial charge in [0.1, 0.15) is 0 Å². The molecule has 1 fully saturated rings. The minimum absolute atomic E-state index is 1.84. The fourth-order valence-electron chi connectivity index (χ4n) is 1.17. The van der Waals surface area contributed by atoms with Crippen LogP contribution in [0.2, 0.25) is 0 Å². The van der Waals surface area contributed by atoms with Crippen molar-refractivity contribution in [1.82, 2.24) is 4.90 Å². The van der Waals surface area contributed by atoms with Gasteiger partial charge >= 0.3 is 30.5 Å². The molecule has 0 amide bonds. The molecule has 0 aromatic carbocycles. The van der Waals surface area contributed by atoms with Crippen LogP contribution in [0.4, 0.5) is 52.7 Å². The Hall–Kier alpha value is -0.920. The third kappa shape index (κ3) is 2.17. The Morgan fingerprint density at radius 3 is 1.30 bits per heavy atom. The van der Waals surface area contributed by atoms with Crippen molar-refractivity contribution in [2.45, 2.75) is 36.8 Å². The molecule has 14 heteroatoms. The number of hydrogen-bond acceptors (Lipinski definition) is 2. The minimum Gasteiger partial charge on any atom is -0.243 e. The van der Waals surface area contributed by atoms with E-state index in [2.05, 4.69) is 0 Å². The third-order valence-corrected chi connectivity index (χ3v) is 2.06. The number of morpholine rings is 1. The van der Waals surface area contributed by atoms with E-state index in [-0.39, 0.29) is 0 Å². The summed E-state index contributed by atoms with van der Waals surface area (Å²) in [6.45, 7) is 0. The van der Waals surface area contributed by atoms with Gasteiger partial charge in [0.2, 0.25) is 0 Å². The Labute approximate surface area is 100 Å². The molecule has 1 heterocycles. The van der Waals surface area contributed by atoms with Crippen LogP contribution in [0.1, 0.15) is 0 Å². The van der Waals surface area contributed by atoms with Crippen LogP contribution >= 0.6 is 0 Å². The highest BCUT2D eigenvalue weighted by Crippen LogP contribution is 2.57. The molecule has 1 aliphatic rings. The summed E-state index contributed by atoms with van der Waals surface area (Å²) in [6, 6.07) is -13.4. The first-order valence-corrected chi connectivity index (χ1v) is 4.20. The van der Waals surface area contributed by atoms with Crippen molar-refractivity contribution in [1.29, 1.82) is 0 Å². The second kappa shape index (κ2) is 4.05. The minimum atomic E-state index is -6.69. The van der Waals surface area contributed by atoms with E-state index in [0.717, 1.165) is 0 Å². The monoisotopic (exact) mass is 331 g/mol. The highest BCUT2D eigenvalue weighted by atomic mass is 19.4. The largest absolute Gasteiger partial charge is 0.439 e. The van der Waals surface area contributed by atoms with Gasteiger partial charge in [0.25, 0.3) is 6.30 Å². The Balaban J connectivity index is 3.47. The highest BCUT2D eigenvalue weighted by molar-refractivity contribution is 4.96. The van der Waals surface area contributed by atoms with E-state index in [1.807, 2.05) is 4.74 Å². The first-order valence-electron chi connectivity index (χ1n) is 4.20. The summed E-state index contributed by atoms with van der Waals surface area (Å²) < 4.78 is 151. The molecule has 2 nitrogen and oxygen atoms in total. The molecule has 1 saturated heterocycles. The first-order chi connectivity index (χ1) is 8.48. The predicted molar refractivity (Wildman–Crippen MR) is 33.7 cm³/mol. The van der Waals surface area contributed by atoms with Crippen molar-refractivity contribution in [3.8, 4) is 0 Å². The molecule has 1 aliphatic heterocycles. The molecule has 1 unspecified atom stereocenters. The quantitative estimate of drug-likeness (QED) is 0.538. The molecule has 1 rings (SSSR count). The fraction of sp³-hybridized carbons (Fsp3) is 1.00. The summed E-state index contributed by atoms with van der Waals surface area (Å²) in [5.41, 5.74) is 0. The van der Waals surface area contributed by atoms with Crippen LogP contribution < -0.4 is 0 Å². The van der Waals surface area contributed by atoms with E-state index in [1.165, 1.54) is 0 Å². The van der Waals surface area contributed by atoms with E-state index >= 15 is 0 Å². The van der Waals surface area contributed by atoms with E-state index in [1.54, 1.807) is 0 Å². The first kappa shape index (κ1) is 17.1. The Kier molecular flexibility index (Phi) is 3.47. The summed E-state index contributed by atoms with van der Waals surface area (Å²) in [7, 11) is 0.